The number of hydrogen-bond donors (Lipinski definition) is 2. The summed E-state index contributed by atoms with van der Waals surface area (Å²) in [6, 6.07) is 4.03. The molecule has 0 spiro atoms. The second-order valence-corrected chi connectivity index (χ2v) is 4.56. The number of rotatable bonds is 3. The van der Waals surface area contributed by atoms with Crippen molar-refractivity contribution in [2.45, 2.75) is 0 Å². The zero-order valence-electron chi connectivity index (χ0n) is 8.23. The maximum atomic E-state index is 11.3. The fourth-order valence-electron chi connectivity index (χ4n) is 1.04. The van der Waals surface area contributed by atoms with Gasteiger partial charge >= 0.3 is 5.97 Å². The molecular formula is C8H9ClN2O4S. The minimum Gasteiger partial charge on any atom is -0.465 e. The average molecular weight is 265 g/mol. The van der Waals surface area contributed by atoms with Gasteiger partial charge in [-0.2, -0.15) is 8.42 Å². The number of carbonyl (C=O) groups is 1. The summed E-state index contributed by atoms with van der Waals surface area (Å²) < 4.78 is 28.1. The highest BCUT2D eigenvalue weighted by atomic mass is 35.5. The normalized spacial score (nSPS) is 10.9. The third-order valence-electron chi connectivity index (χ3n) is 1.64. The summed E-state index contributed by atoms with van der Waals surface area (Å²) in [4.78, 5) is 11.3. The highest BCUT2D eigenvalue weighted by Gasteiger charge is 2.15. The summed E-state index contributed by atoms with van der Waals surface area (Å²) in [7, 11) is -2.80. The molecule has 0 aromatic heterocycles. The summed E-state index contributed by atoms with van der Waals surface area (Å²) in [5.74, 6) is -0.692. The number of carbonyl (C=O) groups excluding carboxylic acids is 1. The topological polar surface area (TPSA) is 98.5 Å². The minimum absolute atomic E-state index is 0.0261. The molecule has 0 unspecified atom stereocenters. The highest BCUT2D eigenvalue weighted by molar-refractivity contribution is 7.90. The molecule has 0 aliphatic carbocycles. The van der Waals surface area contributed by atoms with Crippen LogP contribution in [0.2, 0.25) is 5.02 Å². The van der Waals surface area contributed by atoms with Crippen LogP contribution in [0.5, 0.6) is 0 Å². The lowest BCUT2D eigenvalue weighted by Crippen LogP contribution is -2.23. The Hall–Kier alpha value is -1.31. The maximum absolute atomic E-state index is 11.3. The third-order valence-corrected chi connectivity index (χ3v) is 2.38. The smallest absolute Gasteiger partial charge is 0.339 e. The van der Waals surface area contributed by atoms with E-state index < -0.39 is 16.2 Å². The number of methoxy groups -OCH3 is 1. The van der Waals surface area contributed by atoms with Crippen molar-refractivity contribution in [3.05, 3.63) is 28.8 Å². The van der Waals surface area contributed by atoms with Gasteiger partial charge in [0.05, 0.1) is 18.4 Å². The van der Waals surface area contributed by atoms with Crippen LogP contribution >= 0.6 is 11.6 Å². The number of esters is 1. The molecule has 0 saturated heterocycles. The predicted molar refractivity (Wildman–Crippen MR) is 59.5 cm³/mol. The molecule has 16 heavy (non-hydrogen) atoms. The Labute approximate surface area is 97.5 Å². The van der Waals surface area contributed by atoms with Crippen LogP contribution in [0.3, 0.4) is 0 Å². The molecule has 8 heteroatoms. The molecule has 0 fully saturated rings. The first-order valence-corrected chi connectivity index (χ1v) is 5.94. The molecule has 0 amide bonds. The molecule has 6 nitrogen and oxygen atoms in total. The van der Waals surface area contributed by atoms with Gasteiger partial charge in [-0.15, -0.1) is 0 Å². The molecule has 0 aliphatic heterocycles. The molecule has 3 N–H and O–H groups in total. The van der Waals surface area contributed by atoms with Crippen molar-refractivity contribution in [3.8, 4) is 0 Å². The highest BCUT2D eigenvalue weighted by Crippen LogP contribution is 2.22. The number of hydrogen-bond acceptors (Lipinski definition) is 4. The van der Waals surface area contributed by atoms with Gasteiger partial charge in [-0.3, -0.25) is 4.72 Å². The van der Waals surface area contributed by atoms with Crippen LogP contribution < -0.4 is 9.86 Å². The quantitative estimate of drug-likeness (QED) is 0.787. The summed E-state index contributed by atoms with van der Waals surface area (Å²) in [6.07, 6.45) is 0. The molecule has 0 atom stereocenters. The summed E-state index contributed by atoms with van der Waals surface area (Å²) in [6.45, 7) is 0. The Bertz CT molecular complexity index is 515. The number of anilines is 1. The Morgan fingerprint density at radius 2 is 2.12 bits per heavy atom. The Morgan fingerprint density at radius 1 is 1.50 bits per heavy atom. The molecular weight excluding hydrogens is 256 g/mol. The average Bonchev–Trinajstić information content (AvgIpc) is 2.14. The van der Waals surface area contributed by atoms with Crippen LogP contribution in [-0.4, -0.2) is 21.5 Å². The van der Waals surface area contributed by atoms with Gasteiger partial charge in [-0.05, 0) is 18.2 Å². The number of benzene rings is 1. The minimum atomic E-state index is -3.97. The van der Waals surface area contributed by atoms with Crippen LogP contribution in [0.4, 0.5) is 5.69 Å². The zero-order valence-corrected chi connectivity index (χ0v) is 9.80. The lowest BCUT2D eigenvalue weighted by atomic mass is 10.2. The standard InChI is InChI=1S/C8H9ClN2O4S/c1-15-8(12)6-3-2-5(9)4-7(6)11-16(10,13)14/h2-4,11H,1H3,(H2,10,13,14). The lowest BCUT2D eigenvalue weighted by Gasteiger charge is -2.08. The molecule has 0 saturated carbocycles. The van der Waals surface area contributed by atoms with Gasteiger partial charge in [0, 0.05) is 5.02 Å². The van der Waals surface area contributed by atoms with E-state index in [4.69, 9.17) is 16.7 Å². The summed E-state index contributed by atoms with van der Waals surface area (Å²) >= 11 is 5.67. The van der Waals surface area contributed by atoms with E-state index in [1.54, 1.807) is 0 Å². The van der Waals surface area contributed by atoms with E-state index >= 15 is 0 Å². The Balaban J connectivity index is 3.23. The van der Waals surface area contributed by atoms with Crippen molar-refractivity contribution >= 4 is 33.5 Å². The number of nitrogens with one attached hydrogen (secondary N) is 1. The van der Waals surface area contributed by atoms with Gasteiger partial charge in [0.2, 0.25) is 0 Å². The van der Waals surface area contributed by atoms with E-state index in [2.05, 4.69) is 4.74 Å². The van der Waals surface area contributed by atoms with E-state index in [1.165, 1.54) is 25.3 Å². The van der Waals surface area contributed by atoms with Crippen molar-refractivity contribution in [1.29, 1.82) is 0 Å². The molecule has 0 bridgehead atoms. The maximum Gasteiger partial charge on any atom is 0.339 e. The second-order valence-electron chi connectivity index (χ2n) is 2.83. The first kappa shape index (κ1) is 12.8. The zero-order chi connectivity index (χ0) is 12.3. The molecule has 1 aromatic rings. The van der Waals surface area contributed by atoms with E-state index in [9.17, 15) is 13.2 Å². The fraction of sp³-hybridized carbons (Fsp3) is 0.125. The van der Waals surface area contributed by atoms with E-state index in [-0.39, 0.29) is 16.3 Å². The lowest BCUT2D eigenvalue weighted by molar-refractivity contribution is 0.0602. The monoisotopic (exact) mass is 264 g/mol. The number of ether oxygens (including phenoxy) is 1. The van der Waals surface area contributed by atoms with Crippen LogP contribution in [0, 0.1) is 0 Å². The Kier molecular flexibility index (Phi) is 3.74. The van der Waals surface area contributed by atoms with Gasteiger partial charge < -0.3 is 4.74 Å². The molecule has 0 heterocycles. The summed E-state index contributed by atoms with van der Waals surface area (Å²) in [5, 5.41) is 5.06. The number of halogens is 1. The molecule has 0 radical (unpaired) electrons. The fourth-order valence-corrected chi connectivity index (χ4v) is 1.69. The van der Waals surface area contributed by atoms with E-state index in [0.717, 1.165) is 0 Å². The second kappa shape index (κ2) is 4.69. The molecule has 0 aliphatic rings. The van der Waals surface area contributed by atoms with Gasteiger partial charge in [0.25, 0.3) is 10.2 Å². The van der Waals surface area contributed by atoms with Gasteiger partial charge in [-0.1, -0.05) is 11.6 Å². The van der Waals surface area contributed by atoms with Crippen LogP contribution in [0.25, 0.3) is 0 Å². The Morgan fingerprint density at radius 3 is 2.62 bits per heavy atom. The van der Waals surface area contributed by atoms with Crippen molar-refractivity contribution in [2.75, 3.05) is 11.8 Å². The predicted octanol–water partition coefficient (Wildman–Crippen LogP) is 0.742. The summed E-state index contributed by atoms with van der Waals surface area (Å²) in [5.41, 5.74) is 0.00257. The first-order chi connectivity index (χ1) is 7.33. The number of nitrogens with two attached hydrogens (primary N) is 1. The van der Waals surface area contributed by atoms with Gasteiger partial charge in [0.15, 0.2) is 0 Å². The first-order valence-electron chi connectivity index (χ1n) is 4.02. The molecule has 88 valence electrons. The van der Waals surface area contributed by atoms with Crippen LogP contribution in [0.1, 0.15) is 10.4 Å². The van der Waals surface area contributed by atoms with Crippen LogP contribution in [-0.2, 0) is 14.9 Å². The third kappa shape index (κ3) is 3.37. The van der Waals surface area contributed by atoms with Crippen molar-refractivity contribution in [1.82, 2.24) is 0 Å². The molecule has 1 rings (SSSR count). The largest absolute Gasteiger partial charge is 0.465 e. The van der Waals surface area contributed by atoms with Gasteiger partial charge in [0.1, 0.15) is 0 Å². The van der Waals surface area contributed by atoms with Crippen LogP contribution in [0.15, 0.2) is 18.2 Å². The van der Waals surface area contributed by atoms with E-state index in [0.29, 0.717) is 0 Å². The SMILES string of the molecule is COC(=O)c1ccc(Cl)cc1NS(N)(=O)=O. The van der Waals surface area contributed by atoms with Crippen molar-refractivity contribution in [2.24, 2.45) is 5.14 Å². The van der Waals surface area contributed by atoms with Crippen molar-refractivity contribution in [3.63, 3.8) is 0 Å². The van der Waals surface area contributed by atoms with Crippen molar-refractivity contribution < 1.29 is 17.9 Å². The van der Waals surface area contributed by atoms with Gasteiger partial charge in [-0.25, -0.2) is 9.93 Å². The molecule has 1 aromatic carbocycles. The van der Waals surface area contributed by atoms with E-state index in [1.807, 2.05) is 4.72 Å².